The average Bonchev–Trinajstić information content (AvgIpc) is 2.31. The van der Waals surface area contributed by atoms with Gasteiger partial charge < -0.3 is 9.84 Å². The lowest BCUT2D eigenvalue weighted by atomic mass is 9.75. The number of benzene rings is 1. The van der Waals surface area contributed by atoms with Gasteiger partial charge in [-0.2, -0.15) is 0 Å². The molecule has 0 bridgehead atoms. The van der Waals surface area contributed by atoms with E-state index in [9.17, 15) is 5.11 Å². The minimum Gasteiger partial charge on any atom is -0.508 e. The summed E-state index contributed by atoms with van der Waals surface area (Å²) >= 11 is 1.93. The van der Waals surface area contributed by atoms with Crippen molar-refractivity contribution in [2.24, 2.45) is 0 Å². The zero-order valence-electron chi connectivity index (χ0n) is 9.89. The van der Waals surface area contributed by atoms with Gasteiger partial charge in [-0.3, -0.25) is 0 Å². The highest BCUT2D eigenvalue weighted by Gasteiger charge is 2.42. The normalized spacial score (nSPS) is 26.7. The van der Waals surface area contributed by atoms with Crippen LogP contribution in [0, 0.1) is 0 Å². The number of phenols is 1. The molecule has 3 heteroatoms. The molecule has 0 amide bonds. The number of rotatable bonds is 2. The van der Waals surface area contributed by atoms with Crippen molar-refractivity contribution >= 4 is 11.8 Å². The lowest BCUT2D eigenvalue weighted by Crippen LogP contribution is -2.46. The largest absolute Gasteiger partial charge is 0.508 e. The van der Waals surface area contributed by atoms with Crippen LogP contribution < -0.4 is 0 Å². The Kier molecular flexibility index (Phi) is 3.05. The molecular formula is C14H18O2S. The Bertz CT molecular complexity index is 384. The molecule has 1 aromatic rings. The molecule has 1 N–H and O–H groups in total. The summed E-state index contributed by atoms with van der Waals surface area (Å²) in [6.45, 7) is 0.912. The van der Waals surface area contributed by atoms with Crippen LogP contribution in [0.1, 0.15) is 32.1 Å². The van der Waals surface area contributed by atoms with Gasteiger partial charge in [0.15, 0.2) is 0 Å². The van der Waals surface area contributed by atoms with Gasteiger partial charge in [-0.1, -0.05) is 0 Å². The number of hydrogen-bond acceptors (Lipinski definition) is 3. The fourth-order valence-corrected chi connectivity index (χ4v) is 4.00. The molecule has 2 fully saturated rings. The van der Waals surface area contributed by atoms with E-state index in [1.165, 1.54) is 30.6 Å². The second-order valence-electron chi connectivity index (χ2n) is 5.11. The molecule has 2 aliphatic rings. The first-order chi connectivity index (χ1) is 8.26. The molecule has 0 radical (unpaired) electrons. The summed E-state index contributed by atoms with van der Waals surface area (Å²) in [5, 5.41) is 9.94. The summed E-state index contributed by atoms with van der Waals surface area (Å²) in [5.74, 6) is 0.344. The Balaban J connectivity index is 1.63. The maximum absolute atomic E-state index is 9.26. The van der Waals surface area contributed by atoms with Crippen LogP contribution in [-0.2, 0) is 4.74 Å². The van der Waals surface area contributed by atoms with Gasteiger partial charge in [0.2, 0.25) is 0 Å². The second kappa shape index (κ2) is 4.54. The van der Waals surface area contributed by atoms with Gasteiger partial charge in [0.1, 0.15) is 5.75 Å². The second-order valence-corrected chi connectivity index (χ2v) is 6.49. The van der Waals surface area contributed by atoms with E-state index in [1.54, 1.807) is 12.1 Å². The summed E-state index contributed by atoms with van der Waals surface area (Å²) < 4.78 is 5.94. The smallest absolute Gasteiger partial charge is 0.115 e. The van der Waals surface area contributed by atoms with Crippen molar-refractivity contribution in [3.05, 3.63) is 24.3 Å². The molecule has 1 atom stereocenters. The van der Waals surface area contributed by atoms with Crippen molar-refractivity contribution < 1.29 is 9.84 Å². The standard InChI is InChI=1S/C14H18O2S/c15-11-2-4-12(5-3-11)17-13-6-9-16-14(10-13)7-1-8-14/h2-5,13,15H,1,6-10H2. The lowest BCUT2D eigenvalue weighted by molar-refractivity contribution is -0.125. The topological polar surface area (TPSA) is 29.5 Å². The molecule has 1 unspecified atom stereocenters. The fourth-order valence-electron chi connectivity index (χ4n) is 2.72. The van der Waals surface area contributed by atoms with Crippen LogP contribution in [0.15, 0.2) is 29.2 Å². The molecule has 1 aromatic carbocycles. The fraction of sp³-hybridized carbons (Fsp3) is 0.571. The molecule has 2 nitrogen and oxygen atoms in total. The van der Waals surface area contributed by atoms with Crippen LogP contribution in [0.2, 0.25) is 0 Å². The summed E-state index contributed by atoms with van der Waals surface area (Å²) in [6, 6.07) is 7.54. The summed E-state index contributed by atoms with van der Waals surface area (Å²) in [7, 11) is 0. The Labute approximate surface area is 106 Å². The molecule has 3 rings (SSSR count). The van der Waals surface area contributed by atoms with Crippen molar-refractivity contribution in [3.8, 4) is 5.75 Å². The number of ether oxygens (including phenoxy) is 1. The molecule has 0 aromatic heterocycles. The van der Waals surface area contributed by atoms with Gasteiger partial charge in [-0.15, -0.1) is 11.8 Å². The van der Waals surface area contributed by atoms with Crippen LogP contribution in [0.4, 0.5) is 0 Å². The van der Waals surface area contributed by atoms with E-state index in [0.29, 0.717) is 11.0 Å². The Morgan fingerprint density at radius 2 is 2.00 bits per heavy atom. The van der Waals surface area contributed by atoms with Crippen LogP contribution in [0.5, 0.6) is 5.75 Å². The van der Waals surface area contributed by atoms with Gasteiger partial charge in [0.05, 0.1) is 5.60 Å². The highest BCUT2D eigenvalue weighted by atomic mass is 32.2. The van der Waals surface area contributed by atoms with E-state index in [2.05, 4.69) is 0 Å². The van der Waals surface area contributed by atoms with Gasteiger partial charge in [0, 0.05) is 16.8 Å². The number of aromatic hydroxyl groups is 1. The van der Waals surface area contributed by atoms with Crippen LogP contribution in [0.3, 0.4) is 0 Å². The molecule has 92 valence electrons. The van der Waals surface area contributed by atoms with E-state index in [-0.39, 0.29) is 5.60 Å². The first-order valence-corrected chi connectivity index (χ1v) is 7.23. The van der Waals surface area contributed by atoms with E-state index < -0.39 is 0 Å². The van der Waals surface area contributed by atoms with E-state index in [4.69, 9.17) is 4.74 Å². The SMILES string of the molecule is Oc1ccc(SC2CCOC3(CCC3)C2)cc1. The molecular weight excluding hydrogens is 232 g/mol. The first-order valence-electron chi connectivity index (χ1n) is 6.35. The quantitative estimate of drug-likeness (QED) is 0.870. The number of phenolic OH excluding ortho intramolecular Hbond substituents is 1. The van der Waals surface area contributed by atoms with Gasteiger partial charge >= 0.3 is 0 Å². The molecule has 1 saturated carbocycles. The van der Waals surface area contributed by atoms with Crippen LogP contribution >= 0.6 is 11.8 Å². The van der Waals surface area contributed by atoms with E-state index in [0.717, 1.165) is 13.0 Å². The zero-order valence-corrected chi connectivity index (χ0v) is 10.7. The highest BCUT2D eigenvalue weighted by Crippen LogP contribution is 2.46. The van der Waals surface area contributed by atoms with E-state index >= 15 is 0 Å². The number of hydrogen-bond donors (Lipinski definition) is 1. The maximum atomic E-state index is 9.26. The molecule has 1 heterocycles. The van der Waals surface area contributed by atoms with Crippen molar-refractivity contribution in [3.63, 3.8) is 0 Å². The predicted molar refractivity (Wildman–Crippen MR) is 69.5 cm³/mol. The third kappa shape index (κ3) is 2.45. The van der Waals surface area contributed by atoms with Crippen molar-refractivity contribution in [2.45, 2.75) is 47.9 Å². The molecule has 1 aliphatic heterocycles. The Morgan fingerprint density at radius 1 is 1.24 bits per heavy atom. The van der Waals surface area contributed by atoms with Gasteiger partial charge in [-0.05, 0) is 56.4 Å². The minimum absolute atomic E-state index is 0.229. The first kappa shape index (κ1) is 11.4. The monoisotopic (exact) mass is 250 g/mol. The number of thioether (sulfide) groups is 1. The van der Waals surface area contributed by atoms with Crippen molar-refractivity contribution in [1.82, 2.24) is 0 Å². The third-order valence-electron chi connectivity index (χ3n) is 3.85. The zero-order chi connectivity index (χ0) is 11.7. The summed E-state index contributed by atoms with van der Waals surface area (Å²) in [6.07, 6.45) is 6.17. The molecule has 1 saturated heterocycles. The summed E-state index contributed by atoms with van der Waals surface area (Å²) in [4.78, 5) is 1.25. The predicted octanol–water partition coefficient (Wildman–Crippen LogP) is 3.59. The average molecular weight is 250 g/mol. The van der Waals surface area contributed by atoms with Gasteiger partial charge in [0.25, 0.3) is 0 Å². The highest BCUT2D eigenvalue weighted by molar-refractivity contribution is 8.00. The Hall–Kier alpha value is -0.670. The van der Waals surface area contributed by atoms with Crippen molar-refractivity contribution in [2.75, 3.05) is 6.61 Å². The van der Waals surface area contributed by atoms with Crippen molar-refractivity contribution in [1.29, 1.82) is 0 Å². The van der Waals surface area contributed by atoms with Crippen LogP contribution in [0.25, 0.3) is 0 Å². The Morgan fingerprint density at radius 3 is 2.65 bits per heavy atom. The third-order valence-corrected chi connectivity index (χ3v) is 5.13. The minimum atomic E-state index is 0.229. The maximum Gasteiger partial charge on any atom is 0.115 e. The van der Waals surface area contributed by atoms with Crippen LogP contribution in [-0.4, -0.2) is 22.6 Å². The summed E-state index contributed by atoms with van der Waals surface area (Å²) in [5.41, 5.74) is 0.229. The van der Waals surface area contributed by atoms with E-state index in [1.807, 2.05) is 23.9 Å². The molecule has 17 heavy (non-hydrogen) atoms. The lowest BCUT2D eigenvalue weighted by Gasteiger charge is -2.47. The molecule has 1 aliphatic carbocycles. The molecule has 1 spiro atoms. The van der Waals surface area contributed by atoms with Gasteiger partial charge in [-0.25, -0.2) is 0 Å².